The third-order valence-electron chi connectivity index (χ3n) is 3.03. The first-order valence-electron chi connectivity index (χ1n) is 5.78. The van der Waals surface area contributed by atoms with Gasteiger partial charge >= 0.3 is 7.69 Å². The van der Waals surface area contributed by atoms with Crippen LogP contribution in [-0.4, -0.2) is 7.69 Å². The number of hydrogen-bond acceptors (Lipinski definition) is 2. The second kappa shape index (κ2) is 4.74. The maximum Gasteiger partial charge on any atom is 0.439 e. The van der Waals surface area contributed by atoms with Gasteiger partial charge in [-0.3, -0.25) is 0 Å². The first kappa shape index (κ1) is 10.6. The van der Waals surface area contributed by atoms with E-state index in [0.717, 1.165) is 0 Å². The highest BCUT2D eigenvalue weighted by Crippen LogP contribution is 2.38. The lowest BCUT2D eigenvalue weighted by Gasteiger charge is -2.19. The Morgan fingerprint density at radius 3 is 1.47 bits per heavy atom. The van der Waals surface area contributed by atoms with Crippen LogP contribution in [0.2, 0.25) is 0 Å². The third kappa shape index (κ3) is 2.12. The monoisotopic (exact) mass is 224 g/mol. The fraction of sp³-hybridized carbons (Fsp3) is 0.143. The molecule has 0 amide bonds. The van der Waals surface area contributed by atoms with Gasteiger partial charge in [-0.05, 0) is 11.1 Å². The molecule has 0 spiro atoms. The molecule has 0 aromatic heterocycles. The van der Waals surface area contributed by atoms with Gasteiger partial charge < -0.3 is 9.31 Å². The van der Waals surface area contributed by atoms with E-state index in [1.165, 1.54) is 11.1 Å². The summed E-state index contributed by atoms with van der Waals surface area (Å²) in [5.74, 6) is 0. The van der Waals surface area contributed by atoms with E-state index in [1.807, 2.05) is 36.4 Å². The Hall–Kier alpha value is -1.58. The molecule has 2 aromatic carbocycles. The van der Waals surface area contributed by atoms with Crippen molar-refractivity contribution in [2.45, 2.75) is 12.2 Å². The molecule has 84 valence electrons. The zero-order valence-corrected chi connectivity index (χ0v) is 9.45. The predicted molar refractivity (Wildman–Crippen MR) is 67.7 cm³/mol. The minimum atomic E-state index is -0.00130. The molecule has 2 aromatic rings. The highest BCUT2D eigenvalue weighted by Gasteiger charge is 2.32. The number of benzene rings is 2. The van der Waals surface area contributed by atoms with Crippen LogP contribution in [0.5, 0.6) is 0 Å². The molecule has 0 bridgehead atoms. The summed E-state index contributed by atoms with van der Waals surface area (Å²) in [6, 6.07) is 20.4. The Bertz CT molecular complexity index is 427. The second-order valence-corrected chi connectivity index (χ2v) is 4.11. The zero-order valence-electron chi connectivity index (χ0n) is 9.45. The predicted octanol–water partition coefficient (Wildman–Crippen LogP) is 2.78. The van der Waals surface area contributed by atoms with Crippen LogP contribution < -0.4 is 0 Å². The molecule has 17 heavy (non-hydrogen) atoms. The summed E-state index contributed by atoms with van der Waals surface area (Å²) in [5.41, 5.74) is 2.33. The van der Waals surface area contributed by atoms with Crippen molar-refractivity contribution in [2.24, 2.45) is 0 Å². The van der Waals surface area contributed by atoms with Crippen LogP contribution in [0.1, 0.15) is 23.3 Å². The van der Waals surface area contributed by atoms with Gasteiger partial charge in [-0.25, -0.2) is 0 Å². The van der Waals surface area contributed by atoms with Crippen LogP contribution in [0.25, 0.3) is 0 Å². The summed E-state index contributed by atoms with van der Waals surface area (Å²) in [5, 5.41) is 0. The summed E-state index contributed by atoms with van der Waals surface area (Å²) >= 11 is 0. The lowest BCUT2D eigenvalue weighted by atomic mass is 9.99. The van der Waals surface area contributed by atoms with Gasteiger partial charge in [0, 0.05) is 0 Å². The van der Waals surface area contributed by atoms with Crippen molar-refractivity contribution in [3.05, 3.63) is 71.8 Å². The highest BCUT2D eigenvalue weighted by molar-refractivity contribution is 6.19. The van der Waals surface area contributed by atoms with E-state index in [0.29, 0.717) is 7.69 Å². The molecule has 0 saturated carbocycles. The highest BCUT2D eigenvalue weighted by atomic mass is 16.6. The lowest BCUT2D eigenvalue weighted by molar-refractivity contribution is 0.159. The standard InChI is InChI=1S/C14H13BO2/c1-3-7-11(8-4-1)13-14(17-15-16-13)12-9-5-2-6-10-12/h1-10,13-15H/t13-,14-/m0/s1. The van der Waals surface area contributed by atoms with Crippen molar-refractivity contribution in [3.63, 3.8) is 0 Å². The van der Waals surface area contributed by atoms with Gasteiger partial charge in [0.15, 0.2) is 0 Å². The quantitative estimate of drug-likeness (QED) is 0.730. The maximum absolute atomic E-state index is 5.68. The SMILES string of the molecule is B1O[C@@H](c2ccccc2)[C@H](c2ccccc2)O1. The van der Waals surface area contributed by atoms with Crippen LogP contribution in [0.4, 0.5) is 0 Å². The molecule has 1 fully saturated rings. The average Bonchev–Trinajstić information content (AvgIpc) is 2.90. The first-order valence-corrected chi connectivity index (χ1v) is 5.78. The topological polar surface area (TPSA) is 18.5 Å². The zero-order chi connectivity index (χ0) is 11.5. The van der Waals surface area contributed by atoms with E-state index in [4.69, 9.17) is 9.31 Å². The van der Waals surface area contributed by atoms with Crippen molar-refractivity contribution >= 4 is 7.69 Å². The normalized spacial score (nSPS) is 23.3. The summed E-state index contributed by atoms with van der Waals surface area (Å²) < 4.78 is 11.4. The minimum absolute atomic E-state index is 0.00130. The second-order valence-electron chi connectivity index (χ2n) is 4.11. The van der Waals surface area contributed by atoms with Crippen LogP contribution >= 0.6 is 0 Å². The average molecular weight is 224 g/mol. The number of rotatable bonds is 2. The Balaban J connectivity index is 1.91. The summed E-state index contributed by atoms with van der Waals surface area (Å²) in [7, 11) is 0.360. The molecule has 0 N–H and O–H groups in total. The first-order chi connectivity index (χ1) is 8.45. The van der Waals surface area contributed by atoms with Crippen molar-refractivity contribution in [1.29, 1.82) is 0 Å². The molecule has 1 heterocycles. The molecule has 3 heteroatoms. The summed E-state index contributed by atoms with van der Waals surface area (Å²) in [6.45, 7) is 0. The Morgan fingerprint density at radius 2 is 1.06 bits per heavy atom. The molecule has 3 rings (SSSR count). The fourth-order valence-electron chi connectivity index (χ4n) is 2.19. The van der Waals surface area contributed by atoms with Gasteiger partial charge in [0.05, 0.1) is 12.2 Å². The van der Waals surface area contributed by atoms with E-state index in [2.05, 4.69) is 24.3 Å². The lowest BCUT2D eigenvalue weighted by Crippen LogP contribution is -2.06. The van der Waals surface area contributed by atoms with Crippen LogP contribution in [-0.2, 0) is 9.31 Å². The van der Waals surface area contributed by atoms with E-state index in [-0.39, 0.29) is 12.2 Å². The number of hydrogen-bond donors (Lipinski definition) is 0. The van der Waals surface area contributed by atoms with E-state index in [9.17, 15) is 0 Å². The summed E-state index contributed by atoms with van der Waals surface area (Å²) in [4.78, 5) is 0. The molecule has 1 aliphatic rings. The molecule has 2 nitrogen and oxygen atoms in total. The largest absolute Gasteiger partial charge is 0.439 e. The smallest absolute Gasteiger partial charge is 0.404 e. The van der Waals surface area contributed by atoms with E-state index < -0.39 is 0 Å². The van der Waals surface area contributed by atoms with Gasteiger partial charge in [-0.1, -0.05) is 60.7 Å². The van der Waals surface area contributed by atoms with Crippen molar-refractivity contribution in [1.82, 2.24) is 0 Å². The van der Waals surface area contributed by atoms with Crippen LogP contribution in [0, 0.1) is 0 Å². The Morgan fingerprint density at radius 1 is 0.647 bits per heavy atom. The molecular weight excluding hydrogens is 211 g/mol. The van der Waals surface area contributed by atoms with Crippen molar-refractivity contribution in [2.75, 3.05) is 0 Å². The molecule has 0 aliphatic carbocycles. The maximum atomic E-state index is 5.68. The van der Waals surface area contributed by atoms with E-state index in [1.54, 1.807) is 0 Å². The Kier molecular flexibility index (Phi) is 2.95. The van der Waals surface area contributed by atoms with E-state index >= 15 is 0 Å². The molecular formula is C14H13BO2. The van der Waals surface area contributed by atoms with Crippen molar-refractivity contribution < 1.29 is 9.31 Å². The van der Waals surface area contributed by atoms with Crippen LogP contribution in [0.3, 0.4) is 0 Å². The summed E-state index contributed by atoms with van der Waals surface area (Å²) in [6.07, 6.45) is -0.00259. The molecule has 2 atom stereocenters. The minimum Gasteiger partial charge on any atom is -0.404 e. The fourth-order valence-corrected chi connectivity index (χ4v) is 2.19. The van der Waals surface area contributed by atoms with Gasteiger partial charge in [-0.2, -0.15) is 0 Å². The molecule has 0 radical (unpaired) electrons. The van der Waals surface area contributed by atoms with Gasteiger partial charge in [-0.15, -0.1) is 0 Å². The Labute approximate surface area is 101 Å². The molecule has 0 unspecified atom stereocenters. The molecule has 1 saturated heterocycles. The van der Waals surface area contributed by atoms with Gasteiger partial charge in [0.1, 0.15) is 0 Å². The van der Waals surface area contributed by atoms with Crippen LogP contribution in [0.15, 0.2) is 60.7 Å². The van der Waals surface area contributed by atoms with Gasteiger partial charge in [0.25, 0.3) is 0 Å². The molecule has 1 aliphatic heterocycles. The third-order valence-corrected chi connectivity index (χ3v) is 3.03. The van der Waals surface area contributed by atoms with Gasteiger partial charge in [0.2, 0.25) is 0 Å². The van der Waals surface area contributed by atoms with Crippen molar-refractivity contribution in [3.8, 4) is 0 Å².